The Morgan fingerprint density at radius 1 is 1.25 bits per heavy atom. The van der Waals surface area contributed by atoms with Crippen LogP contribution in [0.5, 0.6) is 0 Å². The van der Waals surface area contributed by atoms with Crippen molar-refractivity contribution in [1.82, 2.24) is 20.2 Å². The van der Waals surface area contributed by atoms with Gasteiger partial charge in [0.2, 0.25) is 0 Å². The van der Waals surface area contributed by atoms with E-state index >= 15 is 0 Å². The lowest BCUT2D eigenvalue weighted by Gasteiger charge is -2.23. The minimum atomic E-state index is -0.962. The highest BCUT2D eigenvalue weighted by Crippen LogP contribution is 2.31. The zero-order valence-electron chi connectivity index (χ0n) is 15.6. The SMILES string of the molecule is Cc1ccc2nc(C3CCCN3C(=O)NCc3ccc(C(=O)O)cc3)[nH]c2c1. The van der Waals surface area contributed by atoms with Crippen molar-refractivity contribution in [1.29, 1.82) is 0 Å². The molecule has 0 spiro atoms. The summed E-state index contributed by atoms with van der Waals surface area (Å²) < 4.78 is 0. The predicted octanol–water partition coefficient (Wildman–Crippen LogP) is 3.62. The van der Waals surface area contributed by atoms with Crippen LogP contribution in [0.15, 0.2) is 42.5 Å². The Morgan fingerprint density at radius 2 is 2.04 bits per heavy atom. The molecule has 1 aliphatic rings. The summed E-state index contributed by atoms with van der Waals surface area (Å²) in [6, 6.07) is 12.4. The third kappa shape index (κ3) is 3.55. The number of benzene rings is 2. The molecule has 2 heterocycles. The molecular formula is C21H22N4O3. The number of H-pyrrole nitrogens is 1. The summed E-state index contributed by atoms with van der Waals surface area (Å²) in [7, 11) is 0. The third-order valence-electron chi connectivity index (χ3n) is 5.13. The van der Waals surface area contributed by atoms with Gasteiger partial charge in [0.25, 0.3) is 0 Å². The van der Waals surface area contributed by atoms with Crippen LogP contribution in [-0.2, 0) is 6.54 Å². The van der Waals surface area contributed by atoms with Crippen LogP contribution in [0.4, 0.5) is 4.79 Å². The van der Waals surface area contributed by atoms with Gasteiger partial charge in [-0.25, -0.2) is 14.6 Å². The third-order valence-corrected chi connectivity index (χ3v) is 5.13. The number of nitrogens with one attached hydrogen (secondary N) is 2. The smallest absolute Gasteiger partial charge is 0.335 e. The van der Waals surface area contributed by atoms with Crippen molar-refractivity contribution < 1.29 is 14.7 Å². The molecule has 3 aromatic rings. The van der Waals surface area contributed by atoms with E-state index in [0.717, 1.165) is 40.8 Å². The molecule has 0 saturated carbocycles. The summed E-state index contributed by atoms with van der Waals surface area (Å²) in [5.74, 6) is -0.143. The zero-order chi connectivity index (χ0) is 19.7. The molecule has 7 heteroatoms. The van der Waals surface area contributed by atoms with Crippen molar-refractivity contribution in [3.8, 4) is 0 Å². The molecule has 0 radical (unpaired) electrons. The van der Waals surface area contributed by atoms with Crippen LogP contribution in [-0.4, -0.2) is 38.5 Å². The lowest BCUT2D eigenvalue weighted by molar-refractivity contribution is 0.0697. The number of aromatic nitrogens is 2. The number of hydrogen-bond donors (Lipinski definition) is 3. The van der Waals surface area contributed by atoms with Crippen LogP contribution in [0, 0.1) is 6.92 Å². The van der Waals surface area contributed by atoms with Gasteiger partial charge in [0.05, 0.1) is 22.6 Å². The van der Waals surface area contributed by atoms with Crippen molar-refractivity contribution in [3.05, 3.63) is 65.0 Å². The van der Waals surface area contributed by atoms with Gasteiger partial charge >= 0.3 is 12.0 Å². The number of urea groups is 1. The van der Waals surface area contributed by atoms with E-state index < -0.39 is 5.97 Å². The Kier molecular flexibility index (Phi) is 4.73. The first-order valence-electron chi connectivity index (χ1n) is 9.34. The molecule has 3 N–H and O–H groups in total. The molecule has 0 aliphatic carbocycles. The number of aromatic amines is 1. The van der Waals surface area contributed by atoms with Crippen LogP contribution in [0.3, 0.4) is 0 Å². The molecule has 4 rings (SSSR count). The van der Waals surface area contributed by atoms with Crippen LogP contribution >= 0.6 is 0 Å². The topological polar surface area (TPSA) is 98.3 Å². The first-order valence-corrected chi connectivity index (χ1v) is 9.34. The van der Waals surface area contributed by atoms with E-state index in [-0.39, 0.29) is 17.6 Å². The fraction of sp³-hybridized carbons (Fsp3) is 0.286. The maximum absolute atomic E-state index is 12.7. The summed E-state index contributed by atoms with van der Waals surface area (Å²) in [5, 5.41) is 11.9. The van der Waals surface area contributed by atoms with E-state index in [1.54, 1.807) is 24.3 Å². The number of carbonyl (C=O) groups excluding carboxylic acids is 1. The fourth-order valence-electron chi connectivity index (χ4n) is 3.64. The molecule has 1 saturated heterocycles. The number of nitrogens with zero attached hydrogens (tertiary/aromatic N) is 2. The molecule has 2 amide bonds. The Bertz CT molecular complexity index is 1030. The van der Waals surface area contributed by atoms with E-state index in [1.165, 1.54) is 0 Å². The van der Waals surface area contributed by atoms with Gasteiger partial charge in [0.1, 0.15) is 5.82 Å². The van der Waals surface area contributed by atoms with E-state index in [1.807, 2.05) is 24.0 Å². The highest BCUT2D eigenvalue weighted by atomic mass is 16.4. The standard InChI is InChI=1S/C21H22N4O3/c1-13-4-9-16-17(11-13)24-19(23-16)18-3-2-10-25(18)21(28)22-12-14-5-7-15(8-6-14)20(26)27/h4-9,11,18H,2-3,10,12H2,1H3,(H,22,28)(H,23,24)(H,26,27). The summed E-state index contributed by atoms with van der Waals surface area (Å²) in [6.45, 7) is 3.07. The molecule has 144 valence electrons. The largest absolute Gasteiger partial charge is 0.478 e. The van der Waals surface area contributed by atoms with Gasteiger partial charge in [0.15, 0.2) is 0 Å². The Morgan fingerprint density at radius 3 is 2.79 bits per heavy atom. The molecule has 1 aromatic heterocycles. The van der Waals surface area contributed by atoms with Crippen LogP contribution in [0.1, 0.15) is 46.2 Å². The average Bonchev–Trinajstić information content (AvgIpc) is 3.32. The minimum Gasteiger partial charge on any atom is -0.478 e. The number of carbonyl (C=O) groups is 2. The first-order chi connectivity index (χ1) is 13.5. The Balaban J connectivity index is 1.44. The van der Waals surface area contributed by atoms with Gasteiger partial charge in [-0.05, 0) is 55.2 Å². The summed E-state index contributed by atoms with van der Waals surface area (Å²) >= 11 is 0. The second kappa shape index (κ2) is 7.34. The second-order valence-corrected chi connectivity index (χ2v) is 7.15. The maximum atomic E-state index is 12.7. The molecule has 7 nitrogen and oxygen atoms in total. The van der Waals surface area contributed by atoms with Crippen molar-refractivity contribution in [2.75, 3.05) is 6.54 Å². The Labute approximate surface area is 162 Å². The van der Waals surface area contributed by atoms with Crippen molar-refractivity contribution in [2.24, 2.45) is 0 Å². The number of rotatable bonds is 4. The van der Waals surface area contributed by atoms with Gasteiger partial charge < -0.3 is 20.3 Å². The van der Waals surface area contributed by atoms with E-state index in [0.29, 0.717) is 13.1 Å². The lowest BCUT2D eigenvalue weighted by atomic mass is 10.1. The monoisotopic (exact) mass is 378 g/mol. The lowest BCUT2D eigenvalue weighted by Crippen LogP contribution is -2.39. The van der Waals surface area contributed by atoms with Crippen molar-refractivity contribution in [3.63, 3.8) is 0 Å². The molecule has 1 atom stereocenters. The number of amides is 2. The quantitative estimate of drug-likeness (QED) is 0.646. The molecular weight excluding hydrogens is 356 g/mol. The average molecular weight is 378 g/mol. The number of aryl methyl sites for hydroxylation is 1. The minimum absolute atomic E-state index is 0.0675. The van der Waals surface area contributed by atoms with E-state index in [4.69, 9.17) is 5.11 Å². The van der Waals surface area contributed by atoms with Crippen LogP contribution in [0.2, 0.25) is 0 Å². The number of aromatic carboxylic acids is 1. The molecule has 1 aliphatic heterocycles. The van der Waals surface area contributed by atoms with Gasteiger partial charge in [-0.15, -0.1) is 0 Å². The molecule has 2 aromatic carbocycles. The number of carboxylic acid groups (broad SMARTS) is 1. The van der Waals surface area contributed by atoms with Gasteiger partial charge in [0, 0.05) is 13.1 Å². The molecule has 1 fully saturated rings. The fourth-order valence-corrected chi connectivity index (χ4v) is 3.64. The number of hydrogen-bond acceptors (Lipinski definition) is 3. The number of carboxylic acids is 1. The van der Waals surface area contributed by atoms with E-state index in [2.05, 4.69) is 21.4 Å². The molecule has 1 unspecified atom stereocenters. The first kappa shape index (κ1) is 18.0. The molecule has 28 heavy (non-hydrogen) atoms. The zero-order valence-corrected chi connectivity index (χ0v) is 15.6. The number of fused-ring (bicyclic) bond motifs is 1. The van der Waals surface area contributed by atoms with E-state index in [9.17, 15) is 9.59 Å². The van der Waals surface area contributed by atoms with Crippen LogP contribution in [0.25, 0.3) is 11.0 Å². The highest BCUT2D eigenvalue weighted by Gasteiger charge is 2.32. The molecule has 0 bridgehead atoms. The summed E-state index contributed by atoms with van der Waals surface area (Å²) in [4.78, 5) is 33.5. The van der Waals surface area contributed by atoms with Gasteiger partial charge in [-0.2, -0.15) is 0 Å². The number of likely N-dealkylation sites (tertiary alicyclic amines) is 1. The van der Waals surface area contributed by atoms with Crippen LogP contribution < -0.4 is 5.32 Å². The Hall–Kier alpha value is -3.35. The summed E-state index contributed by atoms with van der Waals surface area (Å²) in [5.41, 5.74) is 4.15. The highest BCUT2D eigenvalue weighted by molar-refractivity contribution is 5.87. The van der Waals surface area contributed by atoms with Crippen molar-refractivity contribution >= 4 is 23.0 Å². The van der Waals surface area contributed by atoms with Gasteiger partial charge in [-0.1, -0.05) is 18.2 Å². The van der Waals surface area contributed by atoms with Gasteiger partial charge in [-0.3, -0.25) is 0 Å². The maximum Gasteiger partial charge on any atom is 0.335 e. The predicted molar refractivity (Wildman–Crippen MR) is 105 cm³/mol. The normalized spacial score (nSPS) is 16.5. The second-order valence-electron chi connectivity index (χ2n) is 7.15. The summed E-state index contributed by atoms with van der Waals surface area (Å²) in [6.07, 6.45) is 1.81. The van der Waals surface area contributed by atoms with Crippen molar-refractivity contribution in [2.45, 2.75) is 32.4 Å². The number of imidazole rings is 1.